The Balaban J connectivity index is 2.54. The Morgan fingerprint density at radius 2 is 2.20 bits per heavy atom. The molecule has 0 aromatic carbocycles. The van der Waals surface area contributed by atoms with Gasteiger partial charge in [-0.3, -0.25) is 4.99 Å². The quantitative estimate of drug-likeness (QED) is 0.539. The molecule has 0 amide bonds. The van der Waals surface area contributed by atoms with E-state index in [0.29, 0.717) is 6.04 Å². The summed E-state index contributed by atoms with van der Waals surface area (Å²) in [7, 11) is 2.12. The van der Waals surface area contributed by atoms with Crippen molar-refractivity contribution in [2.75, 3.05) is 13.6 Å². The largest absolute Gasteiger partial charge is 0.363 e. The van der Waals surface area contributed by atoms with Crippen LogP contribution in [0.3, 0.4) is 0 Å². The fraction of sp³-hybridized carbons (Fsp3) is 0.875. The number of amidine groups is 1. The Kier molecular flexibility index (Phi) is 2.30. The number of hydrogen-bond donors (Lipinski definition) is 0. The summed E-state index contributed by atoms with van der Waals surface area (Å²) in [6.45, 7) is 5.43. The lowest BCUT2D eigenvalue weighted by molar-refractivity contribution is 0.545. The van der Waals surface area contributed by atoms with Gasteiger partial charge < -0.3 is 4.90 Å². The van der Waals surface area contributed by atoms with Gasteiger partial charge in [-0.1, -0.05) is 0 Å². The first-order valence-electron chi connectivity index (χ1n) is 3.98. The molecular formula is C8H16N2. The zero-order chi connectivity index (χ0) is 7.56. The van der Waals surface area contributed by atoms with Crippen molar-refractivity contribution in [3.63, 3.8) is 0 Å². The van der Waals surface area contributed by atoms with Crippen molar-refractivity contribution in [2.45, 2.75) is 32.7 Å². The molecule has 58 valence electrons. The first-order chi connectivity index (χ1) is 4.70. The van der Waals surface area contributed by atoms with Crippen LogP contribution in [0.2, 0.25) is 0 Å². The van der Waals surface area contributed by atoms with Gasteiger partial charge in [-0.2, -0.15) is 0 Å². The molecule has 1 fully saturated rings. The van der Waals surface area contributed by atoms with Crippen LogP contribution in [0.5, 0.6) is 0 Å². The summed E-state index contributed by atoms with van der Waals surface area (Å²) >= 11 is 0. The van der Waals surface area contributed by atoms with E-state index in [0.717, 1.165) is 0 Å². The Hall–Kier alpha value is -0.530. The second-order valence-electron chi connectivity index (χ2n) is 3.16. The van der Waals surface area contributed by atoms with Crippen molar-refractivity contribution in [1.82, 2.24) is 4.90 Å². The topological polar surface area (TPSA) is 15.6 Å². The van der Waals surface area contributed by atoms with Crippen LogP contribution in [0, 0.1) is 0 Å². The average Bonchev–Trinajstić information content (AvgIpc) is 2.15. The summed E-state index contributed by atoms with van der Waals surface area (Å²) < 4.78 is 0. The second kappa shape index (κ2) is 3.04. The number of hydrogen-bond acceptors (Lipinski definition) is 1. The van der Waals surface area contributed by atoms with Gasteiger partial charge in [0.05, 0.1) is 5.84 Å². The normalized spacial score (nSPS) is 23.2. The zero-order valence-corrected chi connectivity index (χ0v) is 7.09. The van der Waals surface area contributed by atoms with Crippen LogP contribution in [0.25, 0.3) is 0 Å². The van der Waals surface area contributed by atoms with Gasteiger partial charge in [0.2, 0.25) is 0 Å². The predicted octanol–water partition coefficient (Wildman–Crippen LogP) is 1.52. The van der Waals surface area contributed by atoms with Crippen molar-refractivity contribution >= 4 is 5.84 Å². The highest BCUT2D eigenvalue weighted by Gasteiger charge is 2.13. The van der Waals surface area contributed by atoms with Crippen LogP contribution in [0.1, 0.15) is 26.7 Å². The second-order valence-corrected chi connectivity index (χ2v) is 3.16. The maximum atomic E-state index is 4.50. The third-order valence-electron chi connectivity index (χ3n) is 1.74. The van der Waals surface area contributed by atoms with Crippen LogP contribution in [0.15, 0.2) is 4.99 Å². The van der Waals surface area contributed by atoms with E-state index in [1.165, 1.54) is 25.2 Å². The van der Waals surface area contributed by atoms with Crippen molar-refractivity contribution in [1.29, 1.82) is 0 Å². The number of likely N-dealkylation sites (tertiary alicyclic amines) is 1. The van der Waals surface area contributed by atoms with Gasteiger partial charge in [0, 0.05) is 26.1 Å². The molecule has 0 spiro atoms. The van der Waals surface area contributed by atoms with E-state index < -0.39 is 0 Å². The summed E-state index contributed by atoms with van der Waals surface area (Å²) in [4.78, 5) is 6.75. The third kappa shape index (κ3) is 1.72. The van der Waals surface area contributed by atoms with Crippen molar-refractivity contribution in [3.8, 4) is 0 Å². The molecule has 0 aromatic heterocycles. The molecule has 0 N–H and O–H groups in total. The fourth-order valence-corrected chi connectivity index (χ4v) is 1.26. The molecular weight excluding hydrogens is 124 g/mol. The summed E-state index contributed by atoms with van der Waals surface area (Å²) in [5.41, 5.74) is 0. The summed E-state index contributed by atoms with van der Waals surface area (Å²) in [6, 6.07) is 0.454. The van der Waals surface area contributed by atoms with Crippen molar-refractivity contribution in [3.05, 3.63) is 0 Å². The van der Waals surface area contributed by atoms with Crippen LogP contribution in [0.4, 0.5) is 0 Å². The molecule has 0 aliphatic carbocycles. The first kappa shape index (κ1) is 7.58. The molecule has 0 unspecified atom stereocenters. The van der Waals surface area contributed by atoms with Crippen LogP contribution in [-0.4, -0.2) is 30.4 Å². The maximum Gasteiger partial charge on any atom is 0.0990 e. The Morgan fingerprint density at radius 3 is 2.60 bits per heavy atom. The SMILES string of the molecule is CC(C)/N=C1\CCCN1C. The van der Waals surface area contributed by atoms with Crippen LogP contribution < -0.4 is 0 Å². The molecule has 10 heavy (non-hydrogen) atoms. The van der Waals surface area contributed by atoms with E-state index >= 15 is 0 Å². The zero-order valence-electron chi connectivity index (χ0n) is 7.09. The molecule has 2 nitrogen and oxygen atoms in total. The molecule has 2 heteroatoms. The van der Waals surface area contributed by atoms with E-state index in [2.05, 4.69) is 30.8 Å². The molecule has 1 rings (SSSR count). The Bertz CT molecular complexity index is 138. The molecule has 1 aliphatic heterocycles. The monoisotopic (exact) mass is 140 g/mol. The van der Waals surface area contributed by atoms with E-state index in [4.69, 9.17) is 0 Å². The van der Waals surface area contributed by atoms with Gasteiger partial charge in [0.1, 0.15) is 0 Å². The molecule has 0 bridgehead atoms. The lowest BCUT2D eigenvalue weighted by atomic mass is 10.3. The fourth-order valence-electron chi connectivity index (χ4n) is 1.26. The minimum atomic E-state index is 0.454. The van der Waals surface area contributed by atoms with Crippen LogP contribution in [-0.2, 0) is 0 Å². The highest BCUT2D eigenvalue weighted by atomic mass is 15.2. The minimum absolute atomic E-state index is 0.454. The number of rotatable bonds is 1. The van der Waals surface area contributed by atoms with Gasteiger partial charge in [-0.15, -0.1) is 0 Å². The summed E-state index contributed by atoms with van der Waals surface area (Å²) in [6.07, 6.45) is 2.46. The summed E-state index contributed by atoms with van der Waals surface area (Å²) in [5.74, 6) is 1.29. The Morgan fingerprint density at radius 1 is 1.50 bits per heavy atom. The predicted molar refractivity (Wildman–Crippen MR) is 44.4 cm³/mol. The first-order valence-corrected chi connectivity index (χ1v) is 3.98. The molecule has 0 atom stereocenters. The van der Waals surface area contributed by atoms with E-state index in [-0.39, 0.29) is 0 Å². The molecule has 0 aromatic rings. The molecule has 0 saturated carbocycles. The molecule has 1 aliphatic rings. The summed E-state index contributed by atoms with van der Waals surface area (Å²) in [5, 5.41) is 0. The molecule has 1 heterocycles. The highest BCUT2D eigenvalue weighted by molar-refractivity contribution is 5.83. The van der Waals surface area contributed by atoms with Crippen molar-refractivity contribution in [2.24, 2.45) is 4.99 Å². The standard InChI is InChI=1S/C8H16N2/c1-7(2)9-8-5-4-6-10(8)3/h7H,4-6H2,1-3H3/b9-8+. The lowest BCUT2D eigenvalue weighted by Gasteiger charge is -2.11. The third-order valence-corrected chi connectivity index (χ3v) is 1.74. The lowest BCUT2D eigenvalue weighted by Crippen LogP contribution is -2.20. The van der Waals surface area contributed by atoms with Crippen molar-refractivity contribution < 1.29 is 0 Å². The number of aliphatic imine (C=N–C) groups is 1. The minimum Gasteiger partial charge on any atom is -0.363 e. The van der Waals surface area contributed by atoms with Gasteiger partial charge >= 0.3 is 0 Å². The van der Waals surface area contributed by atoms with Gasteiger partial charge in [-0.05, 0) is 20.3 Å². The van der Waals surface area contributed by atoms with E-state index in [9.17, 15) is 0 Å². The Labute approximate surface area is 62.9 Å². The molecule has 0 radical (unpaired) electrons. The maximum absolute atomic E-state index is 4.50. The highest BCUT2D eigenvalue weighted by Crippen LogP contribution is 2.09. The van der Waals surface area contributed by atoms with E-state index in [1.54, 1.807) is 0 Å². The van der Waals surface area contributed by atoms with Crippen LogP contribution >= 0.6 is 0 Å². The number of nitrogens with zero attached hydrogens (tertiary/aromatic N) is 2. The van der Waals surface area contributed by atoms with Gasteiger partial charge in [0.25, 0.3) is 0 Å². The average molecular weight is 140 g/mol. The van der Waals surface area contributed by atoms with E-state index in [1.807, 2.05) is 0 Å². The molecule has 1 saturated heterocycles. The van der Waals surface area contributed by atoms with Gasteiger partial charge in [0.15, 0.2) is 0 Å². The smallest absolute Gasteiger partial charge is 0.0990 e. The van der Waals surface area contributed by atoms with Gasteiger partial charge in [-0.25, -0.2) is 0 Å².